The maximum atomic E-state index is 12.8. The average Bonchev–Trinajstić information content (AvgIpc) is 3.11. The standard InChI is InChI=1S/C17H18Cl2N2O2S/c1-20(24(22,23)17-12-13(18)4-9-16(17)19)14-5-7-15(8-6-14)21-10-2-3-11-21/h4-9,12H,2-3,10-11H2,1H3. The molecule has 1 aliphatic heterocycles. The molecular weight excluding hydrogens is 367 g/mol. The summed E-state index contributed by atoms with van der Waals surface area (Å²) in [5, 5.41) is 0.482. The Bertz CT molecular complexity index is 832. The van der Waals surface area contributed by atoms with E-state index in [0.29, 0.717) is 10.7 Å². The van der Waals surface area contributed by atoms with E-state index in [2.05, 4.69) is 4.90 Å². The van der Waals surface area contributed by atoms with Crippen LogP contribution in [0.25, 0.3) is 0 Å². The summed E-state index contributed by atoms with van der Waals surface area (Å²) >= 11 is 12.0. The van der Waals surface area contributed by atoms with Crippen molar-refractivity contribution in [2.24, 2.45) is 0 Å². The van der Waals surface area contributed by atoms with E-state index in [9.17, 15) is 8.42 Å². The second-order valence-electron chi connectivity index (χ2n) is 5.76. The molecule has 1 saturated heterocycles. The van der Waals surface area contributed by atoms with Crippen LogP contribution >= 0.6 is 23.2 Å². The molecule has 3 rings (SSSR count). The molecule has 0 unspecified atom stereocenters. The van der Waals surface area contributed by atoms with E-state index in [1.54, 1.807) is 6.07 Å². The summed E-state index contributed by atoms with van der Waals surface area (Å²) in [7, 11) is -2.26. The van der Waals surface area contributed by atoms with E-state index in [4.69, 9.17) is 23.2 Å². The van der Waals surface area contributed by atoms with E-state index in [-0.39, 0.29) is 9.92 Å². The summed E-state index contributed by atoms with van der Waals surface area (Å²) in [5.41, 5.74) is 1.69. The predicted octanol–water partition coefficient (Wildman–Crippen LogP) is 4.42. The van der Waals surface area contributed by atoms with E-state index in [1.165, 1.54) is 36.3 Å². The van der Waals surface area contributed by atoms with Gasteiger partial charge in [-0.15, -0.1) is 0 Å². The molecule has 0 bridgehead atoms. The fourth-order valence-electron chi connectivity index (χ4n) is 2.81. The molecule has 0 N–H and O–H groups in total. The molecule has 4 nitrogen and oxygen atoms in total. The topological polar surface area (TPSA) is 40.6 Å². The van der Waals surface area contributed by atoms with Gasteiger partial charge in [-0.25, -0.2) is 8.42 Å². The highest BCUT2D eigenvalue weighted by molar-refractivity contribution is 7.93. The van der Waals surface area contributed by atoms with Crippen LogP contribution in [0.3, 0.4) is 0 Å². The monoisotopic (exact) mass is 384 g/mol. The molecule has 0 aliphatic carbocycles. The van der Waals surface area contributed by atoms with E-state index in [0.717, 1.165) is 18.8 Å². The van der Waals surface area contributed by atoms with Gasteiger partial charge in [0.2, 0.25) is 0 Å². The second kappa shape index (κ2) is 6.82. The Hall–Kier alpha value is -1.43. The summed E-state index contributed by atoms with van der Waals surface area (Å²) < 4.78 is 26.9. The van der Waals surface area contributed by atoms with Crippen LogP contribution in [0.1, 0.15) is 12.8 Å². The van der Waals surface area contributed by atoms with Crippen LogP contribution in [0.2, 0.25) is 10.0 Å². The maximum Gasteiger partial charge on any atom is 0.265 e. The van der Waals surface area contributed by atoms with Crippen molar-refractivity contribution in [3.63, 3.8) is 0 Å². The zero-order valence-corrected chi connectivity index (χ0v) is 15.6. The summed E-state index contributed by atoms with van der Waals surface area (Å²) in [5.74, 6) is 0. The number of nitrogens with zero attached hydrogens (tertiary/aromatic N) is 2. The minimum absolute atomic E-state index is 0.00258. The van der Waals surface area contributed by atoms with E-state index in [1.807, 2.05) is 24.3 Å². The van der Waals surface area contributed by atoms with Gasteiger partial charge in [0.25, 0.3) is 10.0 Å². The lowest BCUT2D eigenvalue weighted by molar-refractivity contribution is 0.594. The first kappa shape index (κ1) is 17.4. The Morgan fingerprint density at radius 2 is 1.62 bits per heavy atom. The van der Waals surface area contributed by atoms with Gasteiger partial charge in [0.05, 0.1) is 10.7 Å². The van der Waals surface area contributed by atoms with Crippen molar-refractivity contribution >= 4 is 44.6 Å². The molecule has 1 fully saturated rings. The minimum atomic E-state index is -3.77. The smallest absolute Gasteiger partial charge is 0.265 e. The number of hydrogen-bond donors (Lipinski definition) is 0. The Morgan fingerprint density at radius 3 is 2.25 bits per heavy atom. The molecule has 0 aromatic heterocycles. The van der Waals surface area contributed by atoms with E-state index >= 15 is 0 Å². The van der Waals surface area contributed by atoms with Gasteiger partial charge >= 0.3 is 0 Å². The Morgan fingerprint density at radius 1 is 1.00 bits per heavy atom. The molecule has 2 aromatic rings. The van der Waals surface area contributed by atoms with Crippen LogP contribution in [-0.4, -0.2) is 28.6 Å². The highest BCUT2D eigenvalue weighted by Crippen LogP contribution is 2.31. The van der Waals surface area contributed by atoms with Crippen molar-refractivity contribution in [2.45, 2.75) is 17.7 Å². The lowest BCUT2D eigenvalue weighted by Gasteiger charge is -2.22. The van der Waals surface area contributed by atoms with Crippen molar-refractivity contribution in [3.05, 3.63) is 52.5 Å². The molecule has 7 heteroatoms. The van der Waals surface area contributed by atoms with Gasteiger partial charge in [-0.05, 0) is 55.3 Å². The molecule has 128 valence electrons. The molecule has 1 heterocycles. The molecule has 0 spiro atoms. The number of hydrogen-bond acceptors (Lipinski definition) is 3. The SMILES string of the molecule is CN(c1ccc(N2CCCC2)cc1)S(=O)(=O)c1cc(Cl)ccc1Cl. The Kier molecular flexibility index (Phi) is 4.95. The van der Waals surface area contributed by atoms with Crippen molar-refractivity contribution in [2.75, 3.05) is 29.3 Å². The first-order chi connectivity index (χ1) is 11.4. The van der Waals surface area contributed by atoms with E-state index < -0.39 is 10.0 Å². The van der Waals surface area contributed by atoms with Gasteiger partial charge in [0.1, 0.15) is 4.90 Å². The summed E-state index contributed by atoms with van der Waals surface area (Å²) in [6.07, 6.45) is 2.40. The van der Waals surface area contributed by atoms with Gasteiger partial charge in [-0.2, -0.15) is 0 Å². The third-order valence-electron chi connectivity index (χ3n) is 4.22. The first-order valence-electron chi connectivity index (χ1n) is 7.68. The third kappa shape index (κ3) is 3.34. The second-order valence-corrected chi connectivity index (χ2v) is 8.54. The van der Waals surface area contributed by atoms with Gasteiger partial charge in [0, 0.05) is 30.8 Å². The Balaban J connectivity index is 1.89. The molecule has 0 atom stereocenters. The first-order valence-corrected chi connectivity index (χ1v) is 9.88. The Labute approximate surface area is 152 Å². The van der Waals surface area contributed by atoms with Gasteiger partial charge in [0.15, 0.2) is 0 Å². The normalized spacial score (nSPS) is 14.9. The van der Waals surface area contributed by atoms with Crippen LogP contribution in [0.15, 0.2) is 47.4 Å². The third-order valence-corrected chi connectivity index (χ3v) is 6.72. The summed E-state index contributed by atoms with van der Waals surface area (Å²) in [6, 6.07) is 11.9. The molecular formula is C17H18Cl2N2O2S. The van der Waals surface area contributed by atoms with Gasteiger partial charge in [-0.1, -0.05) is 23.2 Å². The zero-order chi connectivity index (χ0) is 17.3. The van der Waals surface area contributed by atoms with Crippen LogP contribution in [0, 0.1) is 0 Å². The zero-order valence-electron chi connectivity index (χ0n) is 13.2. The quantitative estimate of drug-likeness (QED) is 0.783. The highest BCUT2D eigenvalue weighted by atomic mass is 35.5. The maximum absolute atomic E-state index is 12.8. The number of rotatable bonds is 4. The van der Waals surface area contributed by atoms with Gasteiger partial charge < -0.3 is 4.90 Å². The highest BCUT2D eigenvalue weighted by Gasteiger charge is 2.24. The van der Waals surface area contributed by atoms with Crippen molar-refractivity contribution in [1.82, 2.24) is 0 Å². The molecule has 2 aromatic carbocycles. The molecule has 24 heavy (non-hydrogen) atoms. The number of anilines is 2. The van der Waals surface area contributed by atoms with Crippen LogP contribution in [-0.2, 0) is 10.0 Å². The van der Waals surface area contributed by atoms with Crippen molar-refractivity contribution in [3.8, 4) is 0 Å². The van der Waals surface area contributed by atoms with Crippen molar-refractivity contribution in [1.29, 1.82) is 0 Å². The number of sulfonamides is 1. The molecule has 0 amide bonds. The molecule has 1 aliphatic rings. The molecule has 0 radical (unpaired) electrons. The summed E-state index contributed by atoms with van der Waals surface area (Å²) in [6.45, 7) is 2.09. The van der Waals surface area contributed by atoms with Crippen LogP contribution in [0.5, 0.6) is 0 Å². The molecule has 0 saturated carbocycles. The summed E-state index contributed by atoms with van der Waals surface area (Å²) in [4.78, 5) is 2.30. The van der Waals surface area contributed by atoms with Crippen molar-refractivity contribution < 1.29 is 8.42 Å². The predicted molar refractivity (Wildman–Crippen MR) is 99.9 cm³/mol. The lowest BCUT2D eigenvalue weighted by Crippen LogP contribution is -2.27. The average molecular weight is 385 g/mol. The number of halogens is 2. The van der Waals surface area contributed by atoms with Crippen LogP contribution in [0.4, 0.5) is 11.4 Å². The van der Waals surface area contributed by atoms with Crippen LogP contribution < -0.4 is 9.21 Å². The van der Waals surface area contributed by atoms with Gasteiger partial charge in [-0.3, -0.25) is 4.31 Å². The minimum Gasteiger partial charge on any atom is -0.372 e. The fourth-order valence-corrected chi connectivity index (χ4v) is 4.74. The number of benzene rings is 2. The lowest BCUT2D eigenvalue weighted by atomic mass is 10.2. The fraction of sp³-hybridized carbons (Fsp3) is 0.294. The largest absolute Gasteiger partial charge is 0.372 e.